The lowest BCUT2D eigenvalue weighted by atomic mass is 10.0. The van der Waals surface area contributed by atoms with E-state index in [1.54, 1.807) is 0 Å². The zero-order valence-corrected chi connectivity index (χ0v) is 12.9. The third-order valence-electron chi connectivity index (χ3n) is 4.20. The first-order valence-corrected chi connectivity index (χ1v) is 8.25. The molecule has 1 fully saturated rings. The smallest absolute Gasteiger partial charge is 0.0897 e. The van der Waals surface area contributed by atoms with Crippen molar-refractivity contribution in [1.29, 1.82) is 0 Å². The summed E-state index contributed by atoms with van der Waals surface area (Å²) in [6, 6.07) is 0.627. The Morgan fingerprint density at radius 3 is 2.58 bits per heavy atom. The van der Waals surface area contributed by atoms with Crippen molar-refractivity contribution in [2.45, 2.75) is 77.4 Å². The van der Waals surface area contributed by atoms with Crippen molar-refractivity contribution in [3.63, 3.8) is 0 Å². The van der Waals surface area contributed by atoms with Crippen molar-refractivity contribution in [1.82, 2.24) is 5.32 Å². The maximum absolute atomic E-state index is 9.88. The Morgan fingerprint density at radius 2 is 1.95 bits per heavy atom. The molecule has 0 amide bonds. The molecule has 0 bridgehead atoms. The van der Waals surface area contributed by atoms with Gasteiger partial charge in [-0.15, -0.1) is 0 Å². The van der Waals surface area contributed by atoms with Gasteiger partial charge in [0.1, 0.15) is 0 Å². The number of hydrogen-bond donors (Lipinski definition) is 2. The van der Waals surface area contributed by atoms with Crippen LogP contribution in [0.4, 0.5) is 0 Å². The molecule has 2 unspecified atom stereocenters. The van der Waals surface area contributed by atoms with Gasteiger partial charge in [0.05, 0.1) is 12.7 Å². The minimum absolute atomic E-state index is 0.357. The van der Waals surface area contributed by atoms with Gasteiger partial charge in [-0.05, 0) is 25.2 Å². The summed E-state index contributed by atoms with van der Waals surface area (Å²) >= 11 is 0. The van der Waals surface area contributed by atoms with Gasteiger partial charge in [-0.2, -0.15) is 0 Å². The second-order valence-corrected chi connectivity index (χ2v) is 6.00. The Labute approximate surface area is 119 Å². The van der Waals surface area contributed by atoms with Gasteiger partial charge in [0.2, 0.25) is 0 Å². The Hall–Kier alpha value is -0.120. The molecule has 2 N–H and O–H groups in total. The van der Waals surface area contributed by atoms with Crippen LogP contribution in [0.2, 0.25) is 0 Å². The number of ether oxygens (including phenoxy) is 1. The van der Waals surface area contributed by atoms with E-state index in [1.165, 1.54) is 51.4 Å². The molecule has 0 aromatic rings. The molecule has 2 atom stereocenters. The second kappa shape index (κ2) is 10.6. The molecule has 3 nitrogen and oxygen atoms in total. The lowest BCUT2D eigenvalue weighted by Gasteiger charge is -2.18. The molecule has 0 spiro atoms. The molecule has 19 heavy (non-hydrogen) atoms. The SMILES string of the molecule is CCCCC(CC)COCC(O)CNC1CCCC1. The van der Waals surface area contributed by atoms with Crippen LogP contribution >= 0.6 is 0 Å². The fraction of sp³-hybridized carbons (Fsp3) is 1.00. The van der Waals surface area contributed by atoms with E-state index < -0.39 is 0 Å². The number of aliphatic hydroxyl groups excluding tert-OH is 1. The molecular formula is C16H33NO2. The van der Waals surface area contributed by atoms with Crippen LogP contribution in [0.5, 0.6) is 0 Å². The average molecular weight is 271 g/mol. The predicted octanol–water partition coefficient (Wildman–Crippen LogP) is 3.11. The molecule has 1 saturated carbocycles. The van der Waals surface area contributed by atoms with Crippen molar-refractivity contribution in [2.24, 2.45) is 5.92 Å². The summed E-state index contributed by atoms with van der Waals surface area (Å²) < 4.78 is 5.67. The summed E-state index contributed by atoms with van der Waals surface area (Å²) in [7, 11) is 0. The van der Waals surface area contributed by atoms with Crippen LogP contribution in [0.1, 0.15) is 65.2 Å². The van der Waals surface area contributed by atoms with Gasteiger partial charge in [-0.25, -0.2) is 0 Å². The number of nitrogens with one attached hydrogen (secondary N) is 1. The lowest BCUT2D eigenvalue weighted by molar-refractivity contribution is 0.0184. The van der Waals surface area contributed by atoms with Gasteiger partial charge in [-0.1, -0.05) is 46.0 Å². The summed E-state index contributed by atoms with van der Waals surface area (Å²) in [5.41, 5.74) is 0. The monoisotopic (exact) mass is 271 g/mol. The quantitative estimate of drug-likeness (QED) is 0.607. The van der Waals surface area contributed by atoms with E-state index in [2.05, 4.69) is 19.2 Å². The van der Waals surface area contributed by atoms with Crippen LogP contribution in [0.15, 0.2) is 0 Å². The second-order valence-electron chi connectivity index (χ2n) is 6.00. The van der Waals surface area contributed by atoms with E-state index in [9.17, 15) is 5.11 Å². The highest BCUT2D eigenvalue weighted by atomic mass is 16.5. The third-order valence-corrected chi connectivity index (χ3v) is 4.20. The van der Waals surface area contributed by atoms with Gasteiger partial charge < -0.3 is 15.2 Å². The first kappa shape index (κ1) is 16.9. The molecule has 0 aliphatic heterocycles. The predicted molar refractivity (Wildman–Crippen MR) is 80.4 cm³/mol. The van der Waals surface area contributed by atoms with E-state index >= 15 is 0 Å². The van der Waals surface area contributed by atoms with Crippen molar-refractivity contribution < 1.29 is 9.84 Å². The summed E-state index contributed by atoms with van der Waals surface area (Å²) in [6.45, 7) is 6.41. The normalized spacial score (nSPS) is 19.7. The van der Waals surface area contributed by atoms with Gasteiger partial charge in [-0.3, -0.25) is 0 Å². The zero-order valence-electron chi connectivity index (χ0n) is 12.9. The first-order chi connectivity index (χ1) is 9.26. The largest absolute Gasteiger partial charge is 0.389 e. The highest BCUT2D eigenvalue weighted by Crippen LogP contribution is 2.17. The first-order valence-electron chi connectivity index (χ1n) is 8.25. The van der Waals surface area contributed by atoms with Crippen LogP contribution in [-0.2, 0) is 4.74 Å². The molecular weight excluding hydrogens is 238 g/mol. The molecule has 3 heteroatoms. The third kappa shape index (κ3) is 7.91. The van der Waals surface area contributed by atoms with Crippen molar-refractivity contribution >= 4 is 0 Å². The lowest BCUT2D eigenvalue weighted by Crippen LogP contribution is -2.36. The molecule has 1 rings (SSSR count). The van der Waals surface area contributed by atoms with Crippen molar-refractivity contribution in [3.05, 3.63) is 0 Å². The standard InChI is InChI=1S/C16H33NO2/c1-3-5-8-14(4-2)12-19-13-16(18)11-17-15-9-6-7-10-15/h14-18H,3-13H2,1-2H3. The summed E-state index contributed by atoms with van der Waals surface area (Å²) in [4.78, 5) is 0. The minimum Gasteiger partial charge on any atom is -0.389 e. The van der Waals surface area contributed by atoms with Crippen molar-refractivity contribution in [3.8, 4) is 0 Å². The van der Waals surface area contributed by atoms with Crippen LogP contribution in [-0.4, -0.2) is 37.0 Å². The van der Waals surface area contributed by atoms with Crippen LogP contribution in [0, 0.1) is 5.92 Å². The molecule has 0 heterocycles. The number of aliphatic hydroxyl groups is 1. The highest BCUT2D eigenvalue weighted by Gasteiger charge is 2.15. The van der Waals surface area contributed by atoms with E-state index in [1.807, 2.05) is 0 Å². The fourth-order valence-electron chi connectivity index (χ4n) is 2.76. The maximum atomic E-state index is 9.88. The molecule has 114 valence electrons. The number of unbranched alkanes of at least 4 members (excludes halogenated alkanes) is 1. The van der Waals surface area contributed by atoms with Crippen LogP contribution < -0.4 is 5.32 Å². The Balaban J connectivity index is 2.00. The highest BCUT2D eigenvalue weighted by molar-refractivity contribution is 4.74. The molecule has 0 radical (unpaired) electrons. The van der Waals surface area contributed by atoms with Crippen LogP contribution in [0.3, 0.4) is 0 Å². The number of hydrogen-bond acceptors (Lipinski definition) is 3. The van der Waals surface area contributed by atoms with Gasteiger partial charge >= 0.3 is 0 Å². The topological polar surface area (TPSA) is 41.5 Å². The Bertz CT molecular complexity index is 205. The van der Waals surface area contributed by atoms with Gasteiger partial charge in [0, 0.05) is 19.2 Å². The van der Waals surface area contributed by atoms with E-state index in [0.717, 1.165) is 6.61 Å². The van der Waals surface area contributed by atoms with E-state index in [4.69, 9.17) is 4.74 Å². The summed E-state index contributed by atoms with van der Waals surface area (Å²) in [5, 5.41) is 13.3. The number of rotatable bonds is 11. The summed E-state index contributed by atoms with van der Waals surface area (Å²) in [5.74, 6) is 0.662. The van der Waals surface area contributed by atoms with Crippen LogP contribution in [0.25, 0.3) is 0 Å². The minimum atomic E-state index is -0.357. The molecule has 1 aliphatic carbocycles. The Morgan fingerprint density at radius 1 is 1.21 bits per heavy atom. The van der Waals surface area contributed by atoms with Crippen molar-refractivity contribution in [2.75, 3.05) is 19.8 Å². The zero-order chi connectivity index (χ0) is 13.9. The van der Waals surface area contributed by atoms with E-state index in [0.29, 0.717) is 25.1 Å². The Kier molecular flexibility index (Phi) is 9.48. The van der Waals surface area contributed by atoms with Gasteiger partial charge in [0.15, 0.2) is 0 Å². The average Bonchev–Trinajstić information content (AvgIpc) is 2.93. The molecule has 0 aromatic heterocycles. The van der Waals surface area contributed by atoms with Gasteiger partial charge in [0.25, 0.3) is 0 Å². The molecule has 0 aromatic carbocycles. The molecule has 0 saturated heterocycles. The summed E-state index contributed by atoms with van der Waals surface area (Å²) in [6.07, 6.45) is 9.81. The fourth-order valence-corrected chi connectivity index (χ4v) is 2.76. The molecule has 1 aliphatic rings. The maximum Gasteiger partial charge on any atom is 0.0897 e. The van der Waals surface area contributed by atoms with E-state index in [-0.39, 0.29) is 6.10 Å².